The molecule has 1 aliphatic heterocycles. The van der Waals surface area contributed by atoms with E-state index in [9.17, 15) is 4.79 Å². The van der Waals surface area contributed by atoms with Crippen LogP contribution in [-0.4, -0.2) is 23.8 Å². The van der Waals surface area contributed by atoms with Crippen LogP contribution in [0.25, 0.3) is 0 Å². The fourth-order valence-electron chi connectivity index (χ4n) is 0.627. The van der Waals surface area contributed by atoms with Gasteiger partial charge in [0.25, 0.3) is 0 Å². The molecule has 0 aromatic rings. The molecule has 0 bridgehead atoms. The maximum Gasteiger partial charge on any atom is 0.341 e. The predicted molar refractivity (Wildman–Crippen MR) is 39.0 cm³/mol. The van der Waals surface area contributed by atoms with Gasteiger partial charge in [0.1, 0.15) is 0 Å². The van der Waals surface area contributed by atoms with Crippen molar-refractivity contribution in [3.8, 4) is 0 Å². The lowest BCUT2D eigenvalue weighted by atomic mass is 10.4. The second kappa shape index (κ2) is 4.14. The highest BCUT2D eigenvalue weighted by Crippen LogP contribution is 1.84. The Kier molecular flexibility index (Phi) is 3.83. The molecule has 0 aromatic carbocycles. The minimum absolute atomic E-state index is 0. The second-order valence-corrected chi connectivity index (χ2v) is 1.75. The lowest BCUT2D eigenvalue weighted by Gasteiger charge is -2.16. The molecule has 0 aromatic heterocycles. The summed E-state index contributed by atoms with van der Waals surface area (Å²) in [5.74, 6) is -0.876. The second-order valence-electron chi connectivity index (χ2n) is 1.75. The third-order valence-corrected chi connectivity index (χ3v) is 1.07. The first-order chi connectivity index (χ1) is 4.30. The number of carbonyl (C=O) groups is 1. The van der Waals surface area contributed by atoms with Crippen molar-refractivity contribution in [3.05, 3.63) is 12.3 Å². The molecule has 10 heavy (non-hydrogen) atoms. The lowest BCUT2D eigenvalue weighted by Crippen LogP contribution is -2.48. The Morgan fingerprint density at radius 3 is 2.70 bits per heavy atom. The van der Waals surface area contributed by atoms with Gasteiger partial charge in [-0.1, -0.05) is 6.08 Å². The monoisotopic (exact) mass is 164 g/mol. The van der Waals surface area contributed by atoms with Crippen molar-refractivity contribution >= 4 is 18.4 Å². The molecule has 0 amide bonds. The van der Waals surface area contributed by atoms with Crippen LogP contribution in [0.4, 0.5) is 0 Å². The van der Waals surface area contributed by atoms with E-state index in [4.69, 9.17) is 5.11 Å². The third-order valence-electron chi connectivity index (χ3n) is 1.07. The highest BCUT2D eigenvalue weighted by atomic mass is 35.5. The fourth-order valence-corrected chi connectivity index (χ4v) is 0.627. The van der Waals surface area contributed by atoms with Crippen molar-refractivity contribution in [1.82, 2.24) is 10.6 Å². The van der Waals surface area contributed by atoms with Crippen LogP contribution in [0.5, 0.6) is 0 Å². The molecule has 1 rings (SSSR count). The van der Waals surface area contributed by atoms with Gasteiger partial charge in [0.2, 0.25) is 0 Å². The summed E-state index contributed by atoms with van der Waals surface area (Å²) < 4.78 is 0. The zero-order valence-electron chi connectivity index (χ0n) is 5.20. The summed E-state index contributed by atoms with van der Waals surface area (Å²) >= 11 is 0. The number of aliphatic carboxylic acids is 1. The number of halogens is 1. The molecule has 0 saturated heterocycles. The van der Waals surface area contributed by atoms with Crippen molar-refractivity contribution in [2.24, 2.45) is 0 Å². The van der Waals surface area contributed by atoms with Crippen molar-refractivity contribution in [2.75, 3.05) is 6.54 Å². The summed E-state index contributed by atoms with van der Waals surface area (Å²) in [6.45, 7) is 0.615. The highest BCUT2D eigenvalue weighted by molar-refractivity contribution is 5.85. The highest BCUT2D eigenvalue weighted by Gasteiger charge is 2.14. The molecule has 4 nitrogen and oxygen atoms in total. The van der Waals surface area contributed by atoms with Crippen LogP contribution in [0.1, 0.15) is 0 Å². The van der Waals surface area contributed by atoms with E-state index < -0.39 is 12.1 Å². The van der Waals surface area contributed by atoms with Crippen molar-refractivity contribution in [2.45, 2.75) is 6.17 Å². The first kappa shape index (κ1) is 9.26. The van der Waals surface area contributed by atoms with Crippen molar-refractivity contribution in [1.29, 1.82) is 0 Å². The summed E-state index contributed by atoms with van der Waals surface area (Å²) in [5, 5.41) is 13.7. The van der Waals surface area contributed by atoms with Gasteiger partial charge in [0.05, 0.1) is 0 Å². The van der Waals surface area contributed by atoms with E-state index in [-0.39, 0.29) is 12.4 Å². The number of hydrogen-bond donors (Lipinski definition) is 3. The number of nitrogens with one attached hydrogen (secondary N) is 2. The number of rotatable bonds is 1. The van der Waals surface area contributed by atoms with Crippen LogP contribution in [0.15, 0.2) is 12.3 Å². The molecule has 0 aliphatic carbocycles. The molecule has 58 valence electrons. The standard InChI is InChI=1S/C5H8N2O2.ClH/c8-5(9)4-6-2-1-3-7-4;/h1-2,4,6-7H,3H2,(H,8,9);1H. The van der Waals surface area contributed by atoms with Crippen molar-refractivity contribution < 1.29 is 9.90 Å². The van der Waals surface area contributed by atoms with Gasteiger partial charge in [-0.15, -0.1) is 12.4 Å². The molecular weight excluding hydrogens is 156 g/mol. The van der Waals surface area contributed by atoms with Crippen LogP contribution in [0.2, 0.25) is 0 Å². The normalized spacial score (nSPS) is 22.6. The summed E-state index contributed by atoms with van der Waals surface area (Å²) in [5.41, 5.74) is 0. The number of carboxylic acid groups (broad SMARTS) is 1. The SMILES string of the molecule is Cl.O=C(O)C1NC=CCN1. The van der Waals surface area contributed by atoms with Gasteiger partial charge in [-0.3, -0.25) is 5.32 Å². The van der Waals surface area contributed by atoms with E-state index in [0.717, 1.165) is 0 Å². The van der Waals surface area contributed by atoms with E-state index in [1.54, 1.807) is 6.20 Å². The zero-order valence-corrected chi connectivity index (χ0v) is 6.02. The Hall–Kier alpha value is -0.740. The molecule has 0 saturated carbocycles. The smallest absolute Gasteiger partial charge is 0.341 e. The molecule has 3 N–H and O–H groups in total. The minimum atomic E-state index is -0.876. The Morgan fingerprint density at radius 2 is 2.40 bits per heavy atom. The molecule has 1 atom stereocenters. The first-order valence-electron chi connectivity index (χ1n) is 2.68. The lowest BCUT2D eigenvalue weighted by molar-refractivity contribution is -0.140. The molecule has 1 aliphatic rings. The number of hydrogen-bond acceptors (Lipinski definition) is 3. The maximum absolute atomic E-state index is 10.2. The quantitative estimate of drug-likeness (QED) is 0.490. The van der Waals surface area contributed by atoms with Gasteiger partial charge >= 0.3 is 5.97 Å². The minimum Gasteiger partial charge on any atom is -0.479 e. The third kappa shape index (κ3) is 2.24. The van der Waals surface area contributed by atoms with Crippen LogP contribution < -0.4 is 10.6 Å². The van der Waals surface area contributed by atoms with E-state index in [1.165, 1.54) is 0 Å². The Morgan fingerprint density at radius 1 is 1.70 bits per heavy atom. The van der Waals surface area contributed by atoms with Crippen molar-refractivity contribution in [3.63, 3.8) is 0 Å². The average molecular weight is 165 g/mol. The van der Waals surface area contributed by atoms with Gasteiger partial charge < -0.3 is 10.4 Å². The molecule has 0 fully saturated rings. The van der Waals surface area contributed by atoms with Crippen LogP contribution >= 0.6 is 12.4 Å². The van der Waals surface area contributed by atoms with Gasteiger partial charge in [0, 0.05) is 6.54 Å². The summed E-state index contributed by atoms with van der Waals surface area (Å²) in [7, 11) is 0. The molecule has 5 heteroatoms. The summed E-state index contributed by atoms with van der Waals surface area (Å²) in [6.07, 6.45) is 2.84. The van der Waals surface area contributed by atoms with E-state index in [2.05, 4.69) is 10.6 Å². The predicted octanol–water partition coefficient (Wildman–Crippen LogP) is -0.475. The van der Waals surface area contributed by atoms with E-state index in [1.807, 2.05) is 6.08 Å². The molecule has 1 unspecified atom stereocenters. The Bertz CT molecular complexity index is 149. The Labute approximate surface area is 64.7 Å². The van der Waals surface area contributed by atoms with Crippen LogP contribution in [0.3, 0.4) is 0 Å². The van der Waals surface area contributed by atoms with E-state index in [0.29, 0.717) is 6.54 Å². The van der Waals surface area contributed by atoms with E-state index >= 15 is 0 Å². The van der Waals surface area contributed by atoms with Gasteiger partial charge in [-0.25, -0.2) is 4.79 Å². The topological polar surface area (TPSA) is 61.4 Å². The Balaban J connectivity index is 0.000000810. The fraction of sp³-hybridized carbons (Fsp3) is 0.400. The average Bonchev–Trinajstić information content (AvgIpc) is 1.90. The summed E-state index contributed by atoms with van der Waals surface area (Å²) in [4.78, 5) is 10.2. The van der Waals surface area contributed by atoms with Gasteiger partial charge in [-0.2, -0.15) is 0 Å². The molecule has 0 spiro atoms. The first-order valence-corrected chi connectivity index (χ1v) is 2.68. The molecule has 1 heterocycles. The largest absolute Gasteiger partial charge is 0.479 e. The zero-order chi connectivity index (χ0) is 6.69. The van der Waals surface area contributed by atoms with Gasteiger partial charge in [0.15, 0.2) is 6.17 Å². The maximum atomic E-state index is 10.2. The number of carboxylic acids is 1. The molecular formula is C5H9ClN2O2. The van der Waals surface area contributed by atoms with Crippen LogP contribution in [0, 0.1) is 0 Å². The summed E-state index contributed by atoms with van der Waals surface area (Å²) in [6, 6.07) is 0. The van der Waals surface area contributed by atoms with Gasteiger partial charge in [-0.05, 0) is 6.20 Å². The molecule has 0 radical (unpaired) electrons. The van der Waals surface area contributed by atoms with Crippen LogP contribution in [-0.2, 0) is 4.79 Å².